The van der Waals surface area contributed by atoms with E-state index in [1.165, 1.54) is 6.07 Å². The molecule has 0 fully saturated rings. The van der Waals surface area contributed by atoms with Gasteiger partial charge in [0.15, 0.2) is 11.6 Å². The summed E-state index contributed by atoms with van der Waals surface area (Å²) < 4.78 is 26.3. The fourth-order valence-corrected chi connectivity index (χ4v) is 4.39. The van der Waals surface area contributed by atoms with Gasteiger partial charge in [0, 0.05) is 12.7 Å². The smallest absolute Gasteiger partial charge is 0.408 e. The molecule has 0 bridgehead atoms. The molecule has 1 aliphatic heterocycles. The molecule has 1 atom stereocenters. The Morgan fingerprint density at radius 1 is 1.23 bits per heavy atom. The van der Waals surface area contributed by atoms with Gasteiger partial charge in [0.25, 0.3) is 5.91 Å². The van der Waals surface area contributed by atoms with Gasteiger partial charge in [-0.3, -0.25) is 9.78 Å². The van der Waals surface area contributed by atoms with Crippen molar-refractivity contribution in [2.45, 2.75) is 72.6 Å². The highest BCUT2D eigenvalue weighted by Crippen LogP contribution is 2.33. The van der Waals surface area contributed by atoms with E-state index in [-0.39, 0.29) is 24.2 Å². The predicted molar refractivity (Wildman–Crippen MR) is 133 cm³/mol. The van der Waals surface area contributed by atoms with Gasteiger partial charge in [0.1, 0.15) is 12.2 Å². The molecule has 0 saturated heterocycles. The van der Waals surface area contributed by atoms with Gasteiger partial charge in [-0.05, 0) is 76.3 Å². The third-order valence-electron chi connectivity index (χ3n) is 5.70. The average molecular weight is 486 g/mol. The number of alkyl carbamates (subject to hydrolysis) is 1. The van der Waals surface area contributed by atoms with Gasteiger partial charge in [-0.15, -0.1) is 0 Å². The zero-order chi connectivity index (χ0) is 26.0. The van der Waals surface area contributed by atoms with Crippen molar-refractivity contribution in [3.63, 3.8) is 0 Å². The van der Waals surface area contributed by atoms with E-state index < -0.39 is 23.1 Å². The van der Waals surface area contributed by atoms with Crippen LogP contribution < -0.4 is 10.1 Å². The number of carbonyl (C=O) groups excluding carboxylic acids is 2. The molecule has 2 amide bonds. The Morgan fingerprint density at radius 3 is 2.54 bits per heavy atom. The van der Waals surface area contributed by atoms with Crippen LogP contribution in [0.4, 0.5) is 9.18 Å². The molecule has 0 radical (unpaired) electrons. The first-order chi connectivity index (χ1) is 16.3. The molecule has 1 aromatic heterocycles. The summed E-state index contributed by atoms with van der Waals surface area (Å²) in [5.74, 6) is -0.305. The van der Waals surface area contributed by atoms with Gasteiger partial charge < -0.3 is 19.7 Å². The lowest BCUT2D eigenvalue weighted by molar-refractivity contribution is 0.0406. The van der Waals surface area contributed by atoms with Crippen LogP contribution in [0.25, 0.3) is 11.1 Å². The second kappa shape index (κ2) is 10.2. The number of fused-ring (bicyclic) bond motifs is 1. The van der Waals surface area contributed by atoms with Gasteiger partial charge in [0.05, 0.1) is 23.3 Å². The highest BCUT2D eigenvalue weighted by molar-refractivity contribution is 6.04. The van der Waals surface area contributed by atoms with Crippen molar-refractivity contribution in [1.82, 2.24) is 15.2 Å². The summed E-state index contributed by atoms with van der Waals surface area (Å²) in [5, 5.41) is 2.89. The maximum absolute atomic E-state index is 15.1. The van der Waals surface area contributed by atoms with Crippen LogP contribution in [0.5, 0.6) is 5.75 Å². The lowest BCUT2D eigenvalue weighted by Crippen LogP contribution is -2.52. The molecular formula is C27H36FN3O4. The number of rotatable bonds is 8. The molecule has 7 nitrogen and oxygen atoms in total. The first kappa shape index (κ1) is 26.4. The highest BCUT2D eigenvalue weighted by Gasteiger charge is 2.32. The number of hydrogen-bond donors (Lipinski definition) is 1. The zero-order valence-corrected chi connectivity index (χ0v) is 21.7. The minimum absolute atomic E-state index is 0.0648. The quantitative estimate of drug-likeness (QED) is 0.529. The molecule has 1 aliphatic rings. The summed E-state index contributed by atoms with van der Waals surface area (Å²) in [6, 6.07) is 6.39. The lowest BCUT2D eigenvalue weighted by atomic mass is 9.91. The molecule has 3 rings (SSSR count). The second-order valence-electron chi connectivity index (χ2n) is 10.7. The van der Waals surface area contributed by atoms with Crippen molar-refractivity contribution in [3.05, 3.63) is 47.5 Å². The number of amides is 2. The SMILES string of the molecule is CCN1Cc2nccc(-c3ccc(OCC(C)(CC(C)C)NC(=O)OC(C)(C)C)c(F)c3)c2C1=O. The number of hydrogen-bond acceptors (Lipinski definition) is 5. The molecule has 2 heterocycles. The third-order valence-corrected chi connectivity index (χ3v) is 5.70. The number of carbonyl (C=O) groups is 2. The molecular weight excluding hydrogens is 449 g/mol. The highest BCUT2D eigenvalue weighted by atomic mass is 19.1. The maximum Gasteiger partial charge on any atom is 0.408 e. The minimum Gasteiger partial charge on any atom is -0.488 e. The summed E-state index contributed by atoms with van der Waals surface area (Å²) in [6.07, 6.45) is 1.71. The van der Waals surface area contributed by atoms with Gasteiger partial charge in [-0.1, -0.05) is 19.9 Å². The van der Waals surface area contributed by atoms with Crippen molar-refractivity contribution in [3.8, 4) is 16.9 Å². The van der Waals surface area contributed by atoms with Crippen LogP contribution in [-0.2, 0) is 11.3 Å². The molecule has 2 aromatic rings. The van der Waals surface area contributed by atoms with Crippen LogP contribution in [0.2, 0.25) is 0 Å². The fraction of sp³-hybridized carbons (Fsp3) is 0.519. The topological polar surface area (TPSA) is 80.8 Å². The number of aromatic nitrogens is 1. The zero-order valence-electron chi connectivity index (χ0n) is 21.7. The first-order valence-corrected chi connectivity index (χ1v) is 12.0. The standard InChI is InChI=1S/C27H36FN3O4/c1-8-31-15-21-23(24(31)32)19(11-12-29-21)18-9-10-22(20(28)13-18)34-16-27(7,14-17(2)3)30-25(33)35-26(4,5)6/h9-13,17H,8,14-16H2,1-7H3,(H,30,33). The molecule has 8 heteroatoms. The van der Waals surface area contributed by atoms with E-state index in [2.05, 4.69) is 10.3 Å². The van der Waals surface area contributed by atoms with E-state index >= 15 is 4.39 Å². The van der Waals surface area contributed by atoms with E-state index in [0.717, 1.165) is 0 Å². The van der Waals surface area contributed by atoms with Crippen molar-refractivity contribution in [2.75, 3.05) is 13.2 Å². The molecule has 1 unspecified atom stereocenters. The van der Waals surface area contributed by atoms with E-state index in [4.69, 9.17) is 9.47 Å². The Kier molecular flexibility index (Phi) is 7.72. The van der Waals surface area contributed by atoms with E-state index in [1.54, 1.807) is 50.1 Å². The fourth-order valence-electron chi connectivity index (χ4n) is 4.39. The number of halogens is 1. The van der Waals surface area contributed by atoms with Crippen LogP contribution in [0, 0.1) is 11.7 Å². The Bertz CT molecular complexity index is 1100. The minimum atomic E-state index is -0.760. The summed E-state index contributed by atoms with van der Waals surface area (Å²) in [5.41, 5.74) is 1.06. The lowest BCUT2D eigenvalue weighted by Gasteiger charge is -2.33. The maximum atomic E-state index is 15.1. The van der Waals surface area contributed by atoms with E-state index in [1.807, 2.05) is 27.7 Å². The number of pyridine rings is 1. The molecule has 0 spiro atoms. The van der Waals surface area contributed by atoms with Crippen LogP contribution in [0.3, 0.4) is 0 Å². The Morgan fingerprint density at radius 2 is 1.94 bits per heavy atom. The normalized spacial score (nSPS) is 15.1. The average Bonchev–Trinajstić information content (AvgIpc) is 3.06. The molecule has 0 saturated carbocycles. The van der Waals surface area contributed by atoms with E-state index in [0.29, 0.717) is 41.9 Å². The first-order valence-electron chi connectivity index (χ1n) is 12.0. The van der Waals surface area contributed by atoms with Crippen molar-refractivity contribution in [2.24, 2.45) is 5.92 Å². The van der Waals surface area contributed by atoms with Crippen LogP contribution in [0.1, 0.15) is 70.9 Å². The summed E-state index contributed by atoms with van der Waals surface area (Å²) in [4.78, 5) is 31.2. The molecule has 35 heavy (non-hydrogen) atoms. The number of ether oxygens (including phenoxy) is 2. The second-order valence-corrected chi connectivity index (χ2v) is 10.7. The number of nitrogens with zero attached hydrogens (tertiary/aromatic N) is 2. The van der Waals surface area contributed by atoms with Gasteiger partial charge in [-0.2, -0.15) is 0 Å². The van der Waals surface area contributed by atoms with Crippen molar-refractivity contribution < 1.29 is 23.5 Å². The van der Waals surface area contributed by atoms with Crippen molar-refractivity contribution >= 4 is 12.0 Å². The molecule has 0 aliphatic carbocycles. The molecule has 190 valence electrons. The van der Waals surface area contributed by atoms with Crippen LogP contribution in [0.15, 0.2) is 30.5 Å². The third kappa shape index (κ3) is 6.50. The summed E-state index contributed by atoms with van der Waals surface area (Å²) in [7, 11) is 0. The Hall–Kier alpha value is -3.16. The number of benzene rings is 1. The van der Waals surface area contributed by atoms with Gasteiger partial charge in [-0.25, -0.2) is 9.18 Å². The van der Waals surface area contributed by atoms with E-state index in [9.17, 15) is 9.59 Å². The molecule has 1 N–H and O–H groups in total. The molecule has 1 aromatic carbocycles. The van der Waals surface area contributed by atoms with Crippen molar-refractivity contribution in [1.29, 1.82) is 0 Å². The predicted octanol–water partition coefficient (Wildman–Crippen LogP) is 5.57. The van der Waals surface area contributed by atoms with Gasteiger partial charge in [0.2, 0.25) is 0 Å². The largest absolute Gasteiger partial charge is 0.488 e. The number of nitrogens with one attached hydrogen (secondary N) is 1. The Labute approximate surface area is 207 Å². The monoisotopic (exact) mass is 485 g/mol. The van der Waals surface area contributed by atoms with Gasteiger partial charge >= 0.3 is 6.09 Å². The van der Waals surface area contributed by atoms with Crippen LogP contribution >= 0.6 is 0 Å². The van der Waals surface area contributed by atoms with Crippen LogP contribution in [-0.4, -0.2) is 46.2 Å². The summed E-state index contributed by atoms with van der Waals surface area (Å²) in [6.45, 7) is 14.4. The summed E-state index contributed by atoms with van der Waals surface area (Å²) >= 11 is 0. The Balaban J connectivity index is 1.79.